The Bertz CT molecular complexity index is 499. The molecular weight excluding hydrogens is 286 g/mol. The first kappa shape index (κ1) is 16.5. The van der Waals surface area contributed by atoms with Gasteiger partial charge in [-0.15, -0.1) is 0 Å². The van der Waals surface area contributed by atoms with Crippen LogP contribution in [0.15, 0.2) is 30.3 Å². The number of hydrogen-bond acceptors (Lipinski definition) is 3. The summed E-state index contributed by atoms with van der Waals surface area (Å²) in [6, 6.07) is 9.65. The topological polar surface area (TPSA) is 49.6 Å². The van der Waals surface area contributed by atoms with Crippen LogP contribution in [0.25, 0.3) is 0 Å². The molecule has 2 N–H and O–H groups in total. The molecule has 2 aliphatic rings. The molecule has 1 aromatic rings. The normalized spacial score (nSPS) is 23.9. The number of carbonyl (C=O) groups is 1. The van der Waals surface area contributed by atoms with Gasteiger partial charge in [0.25, 0.3) is 0 Å². The van der Waals surface area contributed by atoms with E-state index in [1.54, 1.807) is 0 Å². The number of piperidine rings is 1. The second kappa shape index (κ2) is 7.93. The predicted molar refractivity (Wildman–Crippen MR) is 93.1 cm³/mol. The smallest absolute Gasteiger partial charge is 0.239 e. The molecule has 2 unspecified atom stereocenters. The van der Waals surface area contributed by atoms with Crippen LogP contribution >= 0.6 is 0 Å². The third kappa shape index (κ3) is 4.55. The van der Waals surface area contributed by atoms with Crippen molar-refractivity contribution < 1.29 is 4.79 Å². The molecule has 0 aromatic heterocycles. The van der Waals surface area contributed by atoms with Crippen LogP contribution in [0.1, 0.15) is 31.2 Å². The van der Waals surface area contributed by atoms with Crippen molar-refractivity contribution in [3.8, 4) is 0 Å². The van der Waals surface area contributed by atoms with E-state index >= 15 is 0 Å². The van der Waals surface area contributed by atoms with E-state index in [9.17, 15) is 4.79 Å². The average molecular weight is 315 g/mol. The van der Waals surface area contributed by atoms with E-state index in [-0.39, 0.29) is 5.91 Å². The molecule has 0 bridgehead atoms. The van der Waals surface area contributed by atoms with E-state index in [0.29, 0.717) is 12.3 Å². The van der Waals surface area contributed by atoms with Gasteiger partial charge in [0.2, 0.25) is 5.91 Å². The van der Waals surface area contributed by atoms with E-state index in [4.69, 9.17) is 5.73 Å². The lowest BCUT2D eigenvalue weighted by Gasteiger charge is -2.29. The maximum Gasteiger partial charge on any atom is 0.239 e. The molecule has 2 saturated heterocycles. The second-order valence-corrected chi connectivity index (χ2v) is 7.10. The monoisotopic (exact) mass is 315 g/mol. The Hall–Kier alpha value is -1.39. The van der Waals surface area contributed by atoms with Crippen LogP contribution in [0.2, 0.25) is 0 Å². The molecule has 4 heteroatoms. The molecule has 1 aromatic carbocycles. The summed E-state index contributed by atoms with van der Waals surface area (Å²) >= 11 is 0. The molecule has 3 rings (SSSR count). The van der Waals surface area contributed by atoms with Gasteiger partial charge in [-0.05, 0) is 50.3 Å². The van der Waals surface area contributed by atoms with Crippen molar-refractivity contribution in [1.29, 1.82) is 0 Å². The Balaban J connectivity index is 1.46. The number of carbonyl (C=O) groups excluding carboxylic acids is 1. The van der Waals surface area contributed by atoms with Crippen molar-refractivity contribution in [1.82, 2.24) is 9.80 Å². The van der Waals surface area contributed by atoms with E-state index in [0.717, 1.165) is 31.6 Å². The molecule has 23 heavy (non-hydrogen) atoms. The lowest BCUT2D eigenvalue weighted by molar-refractivity contribution is -0.131. The molecule has 0 aliphatic carbocycles. The van der Waals surface area contributed by atoms with Crippen molar-refractivity contribution >= 4 is 5.91 Å². The maximum atomic E-state index is 12.6. The van der Waals surface area contributed by atoms with Crippen LogP contribution in [0.4, 0.5) is 0 Å². The Morgan fingerprint density at radius 1 is 1.13 bits per heavy atom. The molecule has 126 valence electrons. The fourth-order valence-electron chi connectivity index (χ4n) is 3.88. The van der Waals surface area contributed by atoms with Crippen LogP contribution < -0.4 is 5.73 Å². The number of rotatable bonds is 5. The minimum absolute atomic E-state index is 0.120. The van der Waals surface area contributed by atoms with Gasteiger partial charge in [0.1, 0.15) is 0 Å². The van der Waals surface area contributed by atoms with E-state index in [2.05, 4.69) is 4.90 Å². The third-order valence-electron chi connectivity index (χ3n) is 5.18. The molecule has 0 radical (unpaired) electrons. The molecule has 2 heterocycles. The molecular formula is C19H29N3O. The lowest BCUT2D eigenvalue weighted by atomic mass is 10.1. The van der Waals surface area contributed by atoms with Gasteiger partial charge in [-0.3, -0.25) is 4.79 Å². The van der Waals surface area contributed by atoms with Crippen LogP contribution in [0.3, 0.4) is 0 Å². The highest BCUT2D eigenvalue weighted by Crippen LogP contribution is 2.20. The molecule has 1 amide bonds. The van der Waals surface area contributed by atoms with Gasteiger partial charge in [0.15, 0.2) is 0 Å². The number of likely N-dealkylation sites (tertiary alicyclic amines) is 2. The van der Waals surface area contributed by atoms with E-state index in [1.165, 1.54) is 32.4 Å². The minimum Gasteiger partial charge on any atom is -0.341 e. The van der Waals surface area contributed by atoms with Crippen LogP contribution in [-0.4, -0.2) is 54.5 Å². The Morgan fingerprint density at radius 2 is 1.87 bits per heavy atom. The Morgan fingerprint density at radius 3 is 2.61 bits per heavy atom. The van der Waals surface area contributed by atoms with Crippen molar-refractivity contribution in [3.63, 3.8) is 0 Å². The number of hydrogen-bond donors (Lipinski definition) is 1. The largest absolute Gasteiger partial charge is 0.341 e. The Kier molecular flexibility index (Phi) is 5.68. The van der Waals surface area contributed by atoms with Crippen molar-refractivity contribution in [2.45, 2.75) is 38.1 Å². The summed E-state index contributed by atoms with van der Waals surface area (Å²) < 4.78 is 0. The highest BCUT2D eigenvalue weighted by molar-refractivity contribution is 5.82. The maximum absolute atomic E-state index is 12.6. The molecule has 0 spiro atoms. The van der Waals surface area contributed by atoms with Crippen LogP contribution in [0, 0.1) is 5.92 Å². The van der Waals surface area contributed by atoms with Gasteiger partial charge >= 0.3 is 0 Å². The summed E-state index contributed by atoms with van der Waals surface area (Å²) in [6.07, 6.45) is 5.79. The molecule has 4 nitrogen and oxygen atoms in total. The zero-order chi connectivity index (χ0) is 16.1. The van der Waals surface area contributed by atoms with Gasteiger partial charge in [0.05, 0.1) is 6.04 Å². The molecule has 0 saturated carbocycles. The van der Waals surface area contributed by atoms with E-state index < -0.39 is 6.04 Å². The van der Waals surface area contributed by atoms with Gasteiger partial charge in [0, 0.05) is 19.6 Å². The molecule has 2 fully saturated rings. The SMILES string of the molecule is NC(Cc1ccccc1)C(=O)N1CCC(CN2CCCCC2)C1. The fourth-order valence-corrected chi connectivity index (χ4v) is 3.88. The quantitative estimate of drug-likeness (QED) is 0.903. The fraction of sp³-hybridized carbons (Fsp3) is 0.632. The highest BCUT2D eigenvalue weighted by Gasteiger charge is 2.30. The first-order valence-electron chi connectivity index (χ1n) is 9.03. The first-order chi connectivity index (χ1) is 11.2. The predicted octanol–water partition coefficient (Wildman–Crippen LogP) is 1.89. The summed E-state index contributed by atoms with van der Waals surface area (Å²) in [4.78, 5) is 17.1. The second-order valence-electron chi connectivity index (χ2n) is 7.10. The van der Waals surface area contributed by atoms with Crippen molar-refractivity contribution in [2.24, 2.45) is 11.7 Å². The van der Waals surface area contributed by atoms with Gasteiger partial charge in [-0.25, -0.2) is 0 Å². The number of amides is 1. The molecule has 2 atom stereocenters. The zero-order valence-electron chi connectivity index (χ0n) is 14.0. The number of benzene rings is 1. The van der Waals surface area contributed by atoms with Gasteiger partial charge in [-0.2, -0.15) is 0 Å². The zero-order valence-corrected chi connectivity index (χ0v) is 14.0. The minimum atomic E-state index is -0.411. The number of nitrogens with two attached hydrogens (primary N) is 1. The Labute approximate surface area is 139 Å². The van der Waals surface area contributed by atoms with Crippen molar-refractivity contribution in [3.05, 3.63) is 35.9 Å². The van der Waals surface area contributed by atoms with Gasteiger partial charge < -0.3 is 15.5 Å². The highest BCUT2D eigenvalue weighted by atomic mass is 16.2. The first-order valence-corrected chi connectivity index (χ1v) is 9.03. The standard InChI is InChI=1S/C19H29N3O/c20-18(13-16-7-3-1-4-8-16)19(23)22-12-9-17(15-22)14-21-10-5-2-6-11-21/h1,3-4,7-8,17-18H,2,5-6,9-15,20H2. The summed E-state index contributed by atoms with van der Waals surface area (Å²) in [7, 11) is 0. The van der Waals surface area contributed by atoms with Crippen LogP contribution in [-0.2, 0) is 11.2 Å². The third-order valence-corrected chi connectivity index (χ3v) is 5.18. The summed E-state index contributed by atoms with van der Waals surface area (Å²) in [5.41, 5.74) is 7.29. The van der Waals surface area contributed by atoms with E-state index in [1.807, 2.05) is 35.2 Å². The molecule has 2 aliphatic heterocycles. The summed E-state index contributed by atoms with van der Waals surface area (Å²) in [5.74, 6) is 0.746. The summed E-state index contributed by atoms with van der Waals surface area (Å²) in [6.45, 7) is 5.38. The van der Waals surface area contributed by atoms with Crippen molar-refractivity contribution in [2.75, 3.05) is 32.7 Å². The van der Waals surface area contributed by atoms with Crippen LogP contribution in [0.5, 0.6) is 0 Å². The van der Waals surface area contributed by atoms with Gasteiger partial charge in [-0.1, -0.05) is 36.8 Å². The summed E-state index contributed by atoms with van der Waals surface area (Å²) in [5, 5.41) is 0. The average Bonchev–Trinajstić information content (AvgIpc) is 3.04. The number of nitrogens with zero attached hydrogens (tertiary/aromatic N) is 2. The lowest BCUT2D eigenvalue weighted by Crippen LogP contribution is -2.44.